The fourth-order valence-electron chi connectivity index (χ4n) is 1.08. The van der Waals surface area contributed by atoms with Gasteiger partial charge in [-0.25, -0.2) is 0 Å². The first-order valence-corrected chi connectivity index (χ1v) is 5.69. The van der Waals surface area contributed by atoms with Gasteiger partial charge in [0, 0.05) is 0 Å². The molecule has 1 heterocycles. The molecule has 0 spiro atoms. The molecule has 0 aliphatic heterocycles. The van der Waals surface area contributed by atoms with Gasteiger partial charge in [-0.15, -0.1) is 11.3 Å². The van der Waals surface area contributed by atoms with Gasteiger partial charge < -0.3 is 15.2 Å². The Kier molecular flexibility index (Phi) is 6.62. The van der Waals surface area contributed by atoms with E-state index in [-0.39, 0.29) is 0 Å². The van der Waals surface area contributed by atoms with Gasteiger partial charge in [-0.3, -0.25) is 0 Å². The number of thiophene rings is 1. The van der Waals surface area contributed by atoms with Crippen molar-refractivity contribution in [3.63, 3.8) is 0 Å². The van der Waals surface area contributed by atoms with E-state index in [1.54, 1.807) is 14.2 Å². The van der Waals surface area contributed by atoms with Crippen LogP contribution in [0.3, 0.4) is 0 Å². The van der Waals surface area contributed by atoms with Crippen LogP contribution < -0.4 is 15.2 Å². The maximum absolute atomic E-state index is 5.74. The predicted molar refractivity (Wildman–Crippen MR) is 67.9 cm³/mol. The Morgan fingerprint density at radius 3 is 2.07 bits per heavy atom. The van der Waals surface area contributed by atoms with Crippen molar-refractivity contribution in [2.75, 3.05) is 20.0 Å². The first kappa shape index (κ1) is 13.8. The maximum Gasteiger partial charge on any atom is 0.195 e. The number of hydrogen-bond donors (Lipinski definition) is 1. The Hall–Kier alpha value is -1.16. The van der Waals surface area contributed by atoms with E-state index in [9.17, 15) is 0 Å². The second-order valence-electron chi connectivity index (χ2n) is 2.40. The predicted octanol–water partition coefficient (Wildman–Crippen LogP) is 3.41. The normalized spacial score (nSPS) is 9.67. The van der Waals surface area contributed by atoms with E-state index in [0.717, 1.165) is 4.88 Å². The van der Waals surface area contributed by atoms with Crippen LogP contribution in [0.4, 0.5) is 5.00 Å². The van der Waals surface area contributed by atoms with Crippen molar-refractivity contribution in [3.05, 3.63) is 11.0 Å². The van der Waals surface area contributed by atoms with Crippen molar-refractivity contribution in [3.8, 4) is 11.5 Å². The van der Waals surface area contributed by atoms with Crippen LogP contribution in [0, 0.1) is 0 Å². The molecule has 0 radical (unpaired) electrons. The Bertz CT molecular complexity index is 319. The van der Waals surface area contributed by atoms with Crippen molar-refractivity contribution in [1.29, 1.82) is 0 Å². The fourth-order valence-corrected chi connectivity index (χ4v) is 2.06. The van der Waals surface area contributed by atoms with Gasteiger partial charge in [0.15, 0.2) is 11.5 Å². The third-order valence-corrected chi connectivity index (χ3v) is 2.55. The number of methoxy groups -OCH3 is 2. The zero-order chi connectivity index (χ0) is 11.8. The molecular formula is C11H19NO2S. The lowest BCUT2D eigenvalue weighted by Crippen LogP contribution is -1.90. The standard InChI is InChI=1S/C9H13NO2S.C2H6/c1-4-5-6-7(11-2)8(12-3)9(10)13-6;1-2/h4-5H,10H2,1-3H3;1-2H3/b5-4+;. The Labute approximate surface area is 95.5 Å². The van der Waals surface area contributed by atoms with Gasteiger partial charge in [-0.05, 0) is 13.0 Å². The highest BCUT2D eigenvalue weighted by molar-refractivity contribution is 7.17. The zero-order valence-corrected chi connectivity index (χ0v) is 10.8. The van der Waals surface area contributed by atoms with Crippen molar-refractivity contribution in [2.24, 2.45) is 0 Å². The minimum Gasteiger partial charge on any atom is -0.491 e. The van der Waals surface area contributed by atoms with Crippen molar-refractivity contribution >= 4 is 22.4 Å². The van der Waals surface area contributed by atoms with Crippen LogP contribution in [0.1, 0.15) is 25.6 Å². The first-order valence-electron chi connectivity index (χ1n) is 4.87. The molecule has 4 heteroatoms. The van der Waals surface area contributed by atoms with Gasteiger partial charge in [-0.2, -0.15) is 0 Å². The largest absolute Gasteiger partial charge is 0.491 e. The van der Waals surface area contributed by atoms with Crippen LogP contribution in [0.5, 0.6) is 11.5 Å². The summed E-state index contributed by atoms with van der Waals surface area (Å²) in [6, 6.07) is 0. The lowest BCUT2D eigenvalue weighted by molar-refractivity contribution is 0.359. The average molecular weight is 229 g/mol. The smallest absolute Gasteiger partial charge is 0.195 e. The molecule has 1 rings (SSSR count). The molecule has 0 saturated carbocycles. The summed E-state index contributed by atoms with van der Waals surface area (Å²) in [5.41, 5.74) is 5.74. The highest BCUT2D eigenvalue weighted by Gasteiger charge is 2.15. The molecule has 15 heavy (non-hydrogen) atoms. The molecule has 0 bridgehead atoms. The minimum atomic E-state index is 0.626. The SMILES string of the molecule is C/C=C/c1sc(N)c(OC)c1OC.CC. The molecule has 86 valence electrons. The number of rotatable bonds is 3. The molecule has 0 saturated heterocycles. The van der Waals surface area contributed by atoms with E-state index in [4.69, 9.17) is 15.2 Å². The average Bonchev–Trinajstić information content (AvgIpc) is 2.57. The third kappa shape index (κ3) is 3.16. The maximum atomic E-state index is 5.74. The van der Waals surface area contributed by atoms with E-state index in [1.807, 2.05) is 32.9 Å². The summed E-state index contributed by atoms with van der Waals surface area (Å²) in [6.07, 6.45) is 3.88. The number of nitrogens with two attached hydrogens (primary N) is 1. The van der Waals surface area contributed by atoms with Crippen molar-refractivity contribution in [2.45, 2.75) is 20.8 Å². The molecule has 0 amide bonds. The van der Waals surface area contributed by atoms with Crippen LogP contribution in [0.2, 0.25) is 0 Å². The van der Waals surface area contributed by atoms with E-state index >= 15 is 0 Å². The molecule has 0 aliphatic rings. The first-order chi connectivity index (χ1) is 7.24. The Balaban J connectivity index is 0.000000921. The molecule has 0 aliphatic carbocycles. The van der Waals surface area contributed by atoms with E-state index in [0.29, 0.717) is 16.5 Å². The third-order valence-electron chi connectivity index (χ3n) is 1.60. The van der Waals surface area contributed by atoms with Crippen molar-refractivity contribution < 1.29 is 9.47 Å². The summed E-state index contributed by atoms with van der Waals surface area (Å²) >= 11 is 1.46. The molecule has 1 aromatic heterocycles. The Morgan fingerprint density at radius 2 is 1.67 bits per heavy atom. The lowest BCUT2D eigenvalue weighted by atomic mass is 10.3. The summed E-state index contributed by atoms with van der Waals surface area (Å²) in [6.45, 7) is 5.95. The van der Waals surface area contributed by atoms with E-state index < -0.39 is 0 Å². The lowest BCUT2D eigenvalue weighted by Gasteiger charge is -2.02. The number of allylic oxidation sites excluding steroid dienone is 1. The van der Waals surface area contributed by atoms with Gasteiger partial charge in [0.25, 0.3) is 0 Å². The number of ether oxygens (including phenoxy) is 2. The summed E-state index contributed by atoms with van der Waals surface area (Å²) in [5, 5.41) is 0.646. The van der Waals surface area contributed by atoms with Crippen LogP contribution in [-0.4, -0.2) is 14.2 Å². The molecular weight excluding hydrogens is 210 g/mol. The minimum absolute atomic E-state index is 0.626. The van der Waals surface area contributed by atoms with Crippen LogP contribution in [0.25, 0.3) is 6.08 Å². The highest BCUT2D eigenvalue weighted by Crippen LogP contribution is 2.44. The van der Waals surface area contributed by atoms with Crippen molar-refractivity contribution in [1.82, 2.24) is 0 Å². The Morgan fingerprint density at radius 1 is 1.13 bits per heavy atom. The molecule has 3 nitrogen and oxygen atoms in total. The van der Waals surface area contributed by atoms with Crippen LogP contribution >= 0.6 is 11.3 Å². The monoisotopic (exact) mass is 229 g/mol. The molecule has 2 N–H and O–H groups in total. The van der Waals surface area contributed by atoms with Crippen LogP contribution in [-0.2, 0) is 0 Å². The number of nitrogen functional groups attached to an aromatic ring is 1. The second-order valence-corrected chi connectivity index (χ2v) is 3.48. The fraction of sp³-hybridized carbons (Fsp3) is 0.455. The zero-order valence-electron chi connectivity index (χ0n) is 9.96. The van der Waals surface area contributed by atoms with Crippen LogP contribution in [0.15, 0.2) is 6.08 Å². The quantitative estimate of drug-likeness (QED) is 0.863. The van der Waals surface area contributed by atoms with E-state index in [1.165, 1.54) is 11.3 Å². The van der Waals surface area contributed by atoms with Gasteiger partial charge in [0.2, 0.25) is 0 Å². The number of hydrogen-bond acceptors (Lipinski definition) is 4. The molecule has 0 atom stereocenters. The van der Waals surface area contributed by atoms with Gasteiger partial charge in [-0.1, -0.05) is 19.9 Å². The van der Waals surface area contributed by atoms with Gasteiger partial charge in [0.1, 0.15) is 5.00 Å². The van der Waals surface area contributed by atoms with Gasteiger partial charge >= 0.3 is 0 Å². The second kappa shape index (κ2) is 7.17. The molecule has 0 unspecified atom stereocenters. The summed E-state index contributed by atoms with van der Waals surface area (Å²) in [5.74, 6) is 1.34. The highest BCUT2D eigenvalue weighted by atomic mass is 32.1. The molecule has 0 aromatic carbocycles. The summed E-state index contributed by atoms with van der Waals surface area (Å²) in [7, 11) is 3.19. The summed E-state index contributed by atoms with van der Waals surface area (Å²) in [4.78, 5) is 0.986. The number of anilines is 1. The molecule has 1 aromatic rings. The van der Waals surface area contributed by atoms with E-state index in [2.05, 4.69) is 0 Å². The summed E-state index contributed by atoms with van der Waals surface area (Å²) < 4.78 is 10.3. The topological polar surface area (TPSA) is 44.5 Å². The van der Waals surface area contributed by atoms with Gasteiger partial charge in [0.05, 0.1) is 19.1 Å². The molecule has 0 fully saturated rings.